The van der Waals surface area contributed by atoms with Crippen LogP contribution < -0.4 is 14.9 Å². The number of hydrogen-bond donors (Lipinski definition) is 1. The lowest BCUT2D eigenvalue weighted by molar-refractivity contribution is 0.0734. The van der Waals surface area contributed by atoms with Crippen molar-refractivity contribution >= 4 is 34.0 Å². The molecule has 0 atom stereocenters. The van der Waals surface area contributed by atoms with Crippen LogP contribution in [0, 0.1) is 0 Å². The van der Waals surface area contributed by atoms with Crippen LogP contribution >= 0.6 is 15.9 Å². The number of ether oxygens (including phenoxy) is 2. The van der Waals surface area contributed by atoms with Gasteiger partial charge in [0, 0.05) is 10.0 Å². The molecule has 0 aromatic heterocycles. The van der Waals surface area contributed by atoms with Gasteiger partial charge in [-0.1, -0.05) is 76.6 Å². The summed E-state index contributed by atoms with van der Waals surface area (Å²) >= 11 is 3.41. The Morgan fingerprint density at radius 2 is 1.51 bits per heavy atom. The highest BCUT2D eigenvalue weighted by Crippen LogP contribution is 2.23. The summed E-state index contributed by atoms with van der Waals surface area (Å²) in [7, 11) is 0. The van der Waals surface area contributed by atoms with E-state index in [1.54, 1.807) is 66.7 Å². The molecular formula is C28H21BrN2O4. The summed E-state index contributed by atoms with van der Waals surface area (Å²) in [5, 5.41) is 4.07. The molecule has 4 aromatic rings. The molecule has 0 aliphatic heterocycles. The van der Waals surface area contributed by atoms with Gasteiger partial charge in [0.05, 0.1) is 17.3 Å². The Labute approximate surface area is 211 Å². The highest BCUT2D eigenvalue weighted by atomic mass is 79.9. The summed E-state index contributed by atoms with van der Waals surface area (Å²) < 4.78 is 12.2. The molecule has 0 aliphatic rings. The summed E-state index contributed by atoms with van der Waals surface area (Å²) in [6, 6.07) is 30.5. The molecule has 1 amide bonds. The first-order valence-electron chi connectivity index (χ1n) is 10.8. The van der Waals surface area contributed by atoms with Crippen molar-refractivity contribution in [1.29, 1.82) is 0 Å². The van der Waals surface area contributed by atoms with Crippen LogP contribution in [-0.2, 0) is 6.61 Å². The highest BCUT2D eigenvalue weighted by Gasteiger charge is 2.13. The third-order valence-electron chi connectivity index (χ3n) is 4.92. The molecule has 6 nitrogen and oxygen atoms in total. The number of carbonyl (C=O) groups excluding carboxylic acids is 2. The van der Waals surface area contributed by atoms with Gasteiger partial charge in [-0.15, -0.1) is 0 Å². The van der Waals surface area contributed by atoms with E-state index in [2.05, 4.69) is 26.5 Å². The van der Waals surface area contributed by atoms with Crippen molar-refractivity contribution in [2.24, 2.45) is 5.10 Å². The number of benzene rings is 4. The van der Waals surface area contributed by atoms with Gasteiger partial charge < -0.3 is 9.47 Å². The molecule has 4 rings (SSSR count). The number of halogens is 1. The van der Waals surface area contributed by atoms with Gasteiger partial charge in [-0.05, 0) is 48.0 Å². The molecule has 0 fully saturated rings. The normalized spacial score (nSPS) is 10.7. The van der Waals surface area contributed by atoms with Crippen LogP contribution in [0.1, 0.15) is 31.8 Å². The topological polar surface area (TPSA) is 77.0 Å². The zero-order valence-corrected chi connectivity index (χ0v) is 20.1. The van der Waals surface area contributed by atoms with E-state index in [0.717, 1.165) is 10.0 Å². The molecule has 7 heteroatoms. The molecular weight excluding hydrogens is 508 g/mol. The number of carbonyl (C=O) groups is 2. The second kappa shape index (κ2) is 11.8. The second-order valence-corrected chi connectivity index (χ2v) is 8.32. The van der Waals surface area contributed by atoms with E-state index in [4.69, 9.17) is 9.47 Å². The van der Waals surface area contributed by atoms with Crippen LogP contribution in [0.2, 0.25) is 0 Å². The standard InChI is InChI=1S/C28H21BrN2O4/c29-23-15-16-25(35-28(33)21-11-5-2-6-12-21)22(17-23)18-30-31-27(32)24-13-7-8-14-26(24)34-19-20-9-3-1-4-10-20/h1-18H,19H2,(H,31,32)/b30-18-. The summed E-state index contributed by atoms with van der Waals surface area (Å²) in [6.45, 7) is 0.336. The fourth-order valence-corrected chi connectivity index (χ4v) is 3.56. The van der Waals surface area contributed by atoms with Crippen molar-refractivity contribution in [3.63, 3.8) is 0 Å². The zero-order chi connectivity index (χ0) is 24.5. The minimum atomic E-state index is -0.490. The second-order valence-electron chi connectivity index (χ2n) is 7.41. The van der Waals surface area contributed by atoms with Gasteiger partial charge >= 0.3 is 5.97 Å². The van der Waals surface area contributed by atoms with Crippen LogP contribution in [0.4, 0.5) is 0 Å². The van der Waals surface area contributed by atoms with E-state index in [0.29, 0.717) is 34.8 Å². The number of nitrogens with zero attached hydrogens (tertiary/aromatic N) is 1. The zero-order valence-electron chi connectivity index (χ0n) is 18.6. The average Bonchev–Trinajstić information content (AvgIpc) is 2.90. The van der Waals surface area contributed by atoms with Gasteiger partial charge in [0.25, 0.3) is 5.91 Å². The van der Waals surface area contributed by atoms with Gasteiger partial charge in [-0.2, -0.15) is 5.10 Å². The van der Waals surface area contributed by atoms with E-state index in [1.807, 2.05) is 36.4 Å². The molecule has 1 N–H and O–H groups in total. The first-order chi connectivity index (χ1) is 17.1. The van der Waals surface area contributed by atoms with Crippen molar-refractivity contribution in [2.45, 2.75) is 6.61 Å². The van der Waals surface area contributed by atoms with Crippen LogP contribution in [0.15, 0.2) is 113 Å². The molecule has 0 spiro atoms. The predicted molar refractivity (Wildman–Crippen MR) is 138 cm³/mol. The third-order valence-corrected chi connectivity index (χ3v) is 5.42. The maximum absolute atomic E-state index is 12.8. The molecule has 174 valence electrons. The lowest BCUT2D eigenvalue weighted by Crippen LogP contribution is -2.19. The van der Waals surface area contributed by atoms with Crippen molar-refractivity contribution < 1.29 is 19.1 Å². The minimum Gasteiger partial charge on any atom is -0.488 e. The highest BCUT2D eigenvalue weighted by molar-refractivity contribution is 9.10. The van der Waals surface area contributed by atoms with E-state index < -0.39 is 11.9 Å². The number of hydrogen-bond acceptors (Lipinski definition) is 5. The van der Waals surface area contributed by atoms with Crippen molar-refractivity contribution in [1.82, 2.24) is 5.43 Å². The molecule has 0 unspecified atom stereocenters. The Kier molecular flexibility index (Phi) is 8.04. The van der Waals surface area contributed by atoms with Crippen molar-refractivity contribution in [3.05, 3.63) is 130 Å². The average molecular weight is 529 g/mol. The number of amides is 1. The smallest absolute Gasteiger partial charge is 0.343 e. The summed E-state index contributed by atoms with van der Waals surface area (Å²) in [5.41, 5.74) is 4.80. The Bertz CT molecular complexity index is 1340. The molecule has 0 radical (unpaired) electrons. The van der Waals surface area contributed by atoms with Gasteiger partial charge in [0.15, 0.2) is 0 Å². The largest absolute Gasteiger partial charge is 0.488 e. The Morgan fingerprint density at radius 3 is 2.29 bits per heavy atom. The summed E-state index contributed by atoms with van der Waals surface area (Å²) in [5.74, 6) is -0.158. The van der Waals surface area contributed by atoms with Crippen molar-refractivity contribution in [2.75, 3.05) is 0 Å². The fourth-order valence-electron chi connectivity index (χ4n) is 3.18. The first-order valence-corrected chi connectivity index (χ1v) is 11.6. The van der Waals surface area contributed by atoms with Crippen LogP contribution in [0.25, 0.3) is 0 Å². The molecule has 0 aliphatic carbocycles. The third kappa shape index (κ3) is 6.65. The number of rotatable bonds is 8. The SMILES string of the molecule is O=C(Oc1ccc(Br)cc1/C=N\NC(=O)c1ccccc1OCc1ccccc1)c1ccccc1. The summed E-state index contributed by atoms with van der Waals surface area (Å²) in [4.78, 5) is 25.2. The van der Waals surface area contributed by atoms with Crippen LogP contribution in [0.3, 0.4) is 0 Å². The Hall–Kier alpha value is -4.23. The lowest BCUT2D eigenvalue weighted by Gasteiger charge is -2.10. The minimum absolute atomic E-state index is 0.312. The van der Waals surface area contributed by atoms with Crippen molar-refractivity contribution in [3.8, 4) is 11.5 Å². The first kappa shape index (κ1) is 23.9. The predicted octanol–water partition coefficient (Wildman–Crippen LogP) is 6.01. The fraction of sp³-hybridized carbons (Fsp3) is 0.0357. The number of nitrogens with one attached hydrogen (secondary N) is 1. The molecule has 35 heavy (non-hydrogen) atoms. The van der Waals surface area contributed by atoms with E-state index in [1.165, 1.54) is 6.21 Å². The molecule has 0 bridgehead atoms. The lowest BCUT2D eigenvalue weighted by atomic mass is 10.2. The Balaban J connectivity index is 1.45. The van der Waals surface area contributed by atoms with E-state index in [-0.39, 0.29) is 0 Å². The molecule has 0 saturated heterocycles. The van der Waals surface area contributed by atoms with Gasteiger partial charge in [-0.25, -0.2) is 10.2 Å². The van der Waals surface area contributed by atoms with Gasteiger partial charge in [0.2, 0.25) is 0 Å². The van der Waals surface area contributed by atoms with Crippen LogP contribution in [-0.4, -0.2) is 18.1 Å². The summed E-state index contributed by atoms with van der Waals surface area (Å²) in [6.07, 6.45) is 1.42. The van der Waals surface area contributed by atoms with E-state index >= 15 is 0 Å². The van der Waals surface area contributed by atoms with E-state index in [9.17, 15) is 9.59 Å². The monoisotopic (exact) mass is 528 g/mol. The number of esters is 1. The maximum atomic E-state index is 12.8. The molecule has 0 saturated carbocycles. The van der Waals surface area contributed by atoms with Gasteiger partial charge in [-0.3, -0.25) is 4.79 Å². The molecule has 0 heterocycles. The van der Waals surface area contributed by atoms with Crippen LogP contribution in [0.5, 0.6) is 11.5 Å². The number of hydrazone groups is 1. The quantitative estimate of drug-likeness (QED) is 0.131. The Morgan fingerprint density at radius 1 is 0.829 bits per heavy atom. The maximum Gasteiger partial charge on any atom is 0.343 e. The number of para-hydroxylation sites is 1. The molecule has 4 aromatic carbocycles. The van der Waals surface area contributed by atoms with Gasteiger partial charge in [0.1, 0.15) is 18.1 Å².